The molecule has 18 heavy (non-hydrogen) atoms. The highest BCUT2D eigenvalue weighted by Gasteiger charge is 2.23. The lowest BCUT2D eigenvalue weighted by atomic mass is 9.95. The number of anilines is 1. The summed E-state index contributed by atoms with van der Waals surface area (Å²) >= 11 is 0. The Kier molecular flexibility index (Phi) is 4.02. The zero-order valence-electron chi connectivity index (χ0n) is 11.3. The molecule has 3 heteroatoms. The van der Waals surface area contributed by atoms with Crippen LogP contribution in [0.15, 0.2) is 18.2 Å². The summed E-state index contributed by atoms with van der Waals surface area (Å²) in [7, 11) is 0. The second-order valence-electron chi connectivity index (χ2n) is 4.92. The predicted molar refractivity (Wildman–Crippen MR) is 74.6 cm³/mol. The van der Waals surface area contributed by atoms with Gasteiger partial charge in [0, 0.05) is 24.7 Å². The highest BCUT2D eigenvalue weighted by Crippen LogP contribution is 2.30. The third-order valence-corrected chi connectivity index (χ3v) is 3.65. The molecule has 1 amide bonds. The van der Waals surface area contributed by atoms with E-state index in [0.717, 1.165) is 31.5 Å². The Morgan fingerprint density at radius 1 is 1.33 bits per heavy atom. The maximum atomic E-state index is 11.8. The molecule has 1 aromatic rings. The monoisotopic (exact) mass is 246 g/mol. The van der Waals surface area contributed by atoms with Crippen molar-refractivity contribution in [3.63, 3.8) is 0 Å². The van der Waals surface area contributed by atoms with Crippen molar-refractivity contribution >= 4 is 11.6 Å². The Bertz CT molecular complexity index is 442. The average Bonchev–Trinajstić information content (AvgIpc) is 2.38. The van der Waals surface area contributed by atoms with Crippen molar-refractivity contribution in [1.29, 1.82) is 0 Å². The normalized spacial score (nSPS) is 16.6. The van der Waals surface area contributed by atoms with Crippen LogP contribution in [0.1, 0.15) is 50.3 Å². The van der Waals surface area contributed by atoms with Gasteiger partial charge in [-0.25, -0.2) is 0 Å². The van der Waals surface area contributed by atoms with Crippen LogP contribution in [0.5, 0.6) is 0 Å². The van der Waals surface area contributed by atoms with Gasteiger partial charge in [0.25, 0.3) is 0 Å². The molecular weight excluding hydrogens is 224 g/mol. The van der Waals surface area contributed by atoms with E-state index in [1.165, 1.54) is 11.1 Å². The van der Waals surface area contributed by atoms with E-state index in [0.29, 0.717) is 6.42 Å². The molecule has 1 unspecified atom stereocenters. The highest BCUT2D eigenvalue weighted by atomic mass is 16.2. The van der Waals surface area contributed by atoms with Gasteiger partial charge in [-0.2, -0.15) is 0 Å². The number of hydrogen-bond acceptors (Lipinski definition) is 2. The van der Waals surface area contributed by atoms with E-state index < -0.39 is 0 Å². The number of rotatable bonds is 4. The number of benzene rings is 1. The average molecular weight is 246 g/mol. The number of nitrogens with zero attached hydrogens (tertiary/aromatic N) is 1. The lowest BCUT2D eigenvalue weighted by molar-refractivity contribution is -0.118. The molecular formula is C15H22N2O. The van der Waals surface area contributed by atoms with Crippen molar-refractivity contribution in [2.45, 2.75) is 45.6 Å². The van der Waals surface area contributed by atoms with E-state index in [2.05, 4.69) is 25.1 Å². The summed E-state index contributed by atoms with van der Waals surface area (Å²) in [5.74, 6) is 0.232. The van der Waals surface area contributed by atoms with E-state index >= 15 is 0 Å². The van der Waals surface area contributed by atoms with Crippen molar-refractivity contribution in [1.82, 2.24) is 0 Å². The van der Waals surface area contributed by atoms with Crippen LogP contribution in [-0.4, -0.2) is 12.5 Å². The van der Waals surface area contributed by atoms with E-state index in [9.17, 15) is 4.79 Å². The summed E-state index contributed by atoms with van der Waals surface area (Å²) in [6.07, 6.45) is 3.57. The minimum atomic E-state index is 0.119. The molecule has 1 aliphatic rings. The molecule has 1 aliphatic heterocycles. The number of carbonyl (C=O) groups is 1. The topological polar surface area (TPSA) is 46.3 Å². The Hall–Kier alpha value is -1.35. The Balaban J connectivity index is 2.30. The molecule has 2 N–H and O–H groups in total. The van der Waals surface area contributed by atoms with E-state index in [1.807, 2.05) is 11.8 Å². The fraction of sp³-hybridized carbons (Fsp3) is 0.533. The molecule has 0 aliphatic carbocycles. The fourth-order valence-electron chi connectivity index (χ4n) is 2.63. The Labute approximate surface area is 109 Å². The molecule has 0 fully saturated rings. The summed E-state index contributed by atoms with van der Waals surface area (Å²) in [6, 6.07) is 6.43. The molecule has 1 aromatic carbocycles. The molecule has 3 nitrogen and oxygen atoms in total. The van der Waals surface area contributed by atoms with Crippen LogP contribution >= 0.6 is 0 Å². The number of carbonyl (C=O) groups excluding carboxylic acids is 1. The maximum Gasteiger partial charge on any atom is 0.227 e. The number of fused-ring (bicyclic) bond motifs is 1. The quantitative estimate of drug-likeness (QED) is 0.888. The lowest BCUT2D eigenvalue weighted by Crippen LogP contribution is -2.34. The minimum Gasteiger partial charge on any atom is -0.324 e. The Morgan fingerprint density at radius 3 is 2.78 bits per heavy atom. The zero-order valence-corrected chi connectivity index (χ0v) is 11.3. The highest BCUT2D eigenvalue weighted by molar-refractivity contribution is 5.96. The first-order valence-electron chi connectivity index (χ1n) is 6.86. The van der Waals surface area contributed by atoms with Gasteiger partial charge in [0.1, 0.15) is 0 Å². The molecule has 2 rings (SSSR count). The number of amides is 1. The number of nitrogens with two attached hydrogens (primary N) is 1. The van der Waals surface area contributed by atoms with Gasteiger partial charge in [-0.15, -0.1) is 0 Å². The van der Waals surface area contributed by atoms with Crippen LogP contribution in [0.4, 0.5) is 5.69 Å². The van der Waals surface area contributed by atoms with Crippen molar-refractivity contribution in [2.75, 3.05) is 11.4 Å². The lowest BCUT2D eigenvalue weighted by Gasteiger charge is -2.29. The SMILES string of the molecule is CCCC(N)c1ccc2c(c1)CCC(=O)N2CC. The smallest absolute Gasteiger partial charge is 0.227 e. The second-order valence-corrected chi connectivity index (χ2v) is 4.92. The third kappa shape index (κ3) is 2.41. The molecule has 0 bridgehead atoms. The van der Waals surface area contributed by atoms with Gasteiger partial charge in [-0.3, -0.25) is 4.79 Å². The molecule has 1 atom stereocenters. The zero-order chi connectivity index (χ0) is 13.1. The Morgan fingerprint density at radius 2 is 2.11 bits per heavy atom. The van der Waals surface area contributed by atoms with Gasteiger partial charge in [0.2, 0.25) is 5.91 Å². The van der Waals surface area contributed by atoms with Crippen LogP contribution in [0.2, 0.25) is 0 Å². The summed E-state index contributed by atoms with van der Waals surface area (Å²) in [4.78, 5) is 13.7. The van der Waals surface area contributed by atoms with Crippen LogP contribution < -0.4 is 10.6 Å². The van der Waals surface area contributed by atoms with Gasteiger partial charge in [-0.1, -0.05) is 25.5 Å². The van der Waals surface area contributed by atoms with E-state index in [1.54, 1.807) is 0 Å². The summed E-state index contributed by atoms with van der Waals surface area (Å²) < 4.78 is 0. The fourth-order valence-corrected chi connectivity index (χ4v) is 2.63. The first kappa shape index (κ1) is 13.1. The number of aryl methyl sites for hydroxylation is 1. The summed E-state index contributed by atoms with van der Waals surface area (Å²) in [6.45, 7) is 4.91. The van der Waals surface area contributed by atoms with Crippen molar-refractivity contribution in [3.8, 4) is 0 Å². The molecule has 0 radical (unpaired) electrons. The van der Waals surface area contributed by atoms with Gasteiger partial charge in [0.15, 0.2) is 0 Å². The van der Waals surface area contributed by atoms with Gasteiger partial charge < -0.3 is 10.6 Å². The molecule has 0 saturated carbocycles. The summed E-state index contributed by atoms with van der Waals surface area (Å²) in [5.41, 5.74) is 9.68. The van der Waals surface area contributed by atoms with Crippen molar-refractivity contribution in [2.24, 2.45) is 5.73 Å². The second kappa shape index (κ2) is 5.53. The molecule has 98 valence electrons. The molecule has 0 spiro atoms. The molecule has 0 saturated heterocycles. The maximum absolute atomic E-state index is 11.8. The largest absolute Gasteiger partial charge is 0.324 e. The summed E-state index contributed by atoms with van der Waals surface area (Å²) in [5, 5.41) is 0. The van der Waals surface area contributed by atoms with Crippen molar-refractivity contribution < 1.29 is 4.79 Å². The standard InChI is InChI=1S/C15H22N2O/c1-3-5-13(16)11-6-8-14-12(10-11)7-9-15(18)17(14)4-2/h6,8,10,13H,3-5,7,9,16H2,1-2H3. The van der Waals surface area contributed by atoms with Gasteiger partial charge in [0.05, 0.1) is 0 Å². The first-order valence-corrected chi connectivity index (χ1v) is 6.86. The predicted octanol–water partition coefficient (Wildman–Crippen LogP) is 2.79. The van der Waals surface area contributed by atoms with Gasteiger partial charge in [-0.05, 0) is 37.0 Å². The molecule has 1 heterocycles. The van der Waals surface area contributed by atoms with Gasteiger partial charge >= 0.3 is 0 Å². The molecule has 0 aromatic heterocycles. The van der Waals surface area contributed by atoms with E-state index in [4.69, 9.17) is 5.73 Å². The van der Waals surface area contributed by atoms with Crippen LogP contribution in [0.3, 0.4) is 0 Å². The van der Waals surface area contributed by atoms with Crippen LogP contribution in [0, 0.1) is 0 Å². The minimum absolute atomic E-state index is 0.119. The third-order valence-electron chi connectivity index (χ3n) is 3.65. The van der Waals surface area contributed by atoms with Crippen LogP contribution in [0.25, 0.3) is 0 Å². The number of hydrogen-bond donors (Lipinski definition) is 1. The van der Waals surface area contributed by atoms with Crippen LogP contribution in [-0.2, 0) is 11.2 Å². The van der Waals surface area contributed by atoms with Crippen molar-refractivity contribution in [3.05, 3.63) is 29.3 Å². The first-order chi connectivity index (χ1) is 8.67. The van der Waals surface area contributed by atoms with E-state index in [-0.39, 0.29) is 11.9 Å².